The Morgan fingerprint density at radius 2 is 1.71 bits per heavy atom. The highest BCUT2D eigenvalue weighted by Gasteiger charge is 2.40. The molecular formula is C14H21BF2O3Si. The van der Waals surface area contributed by atoms with E-state index in [1.54, 1.807) is 0 Å². The van der Waals surface area contributed by atoms with Crippen LogP contribution in [0.3, 0.4) is 0 Å². The third-order valence-electron chi connectivity index (χ3n) is 3.26. The average Bonchev–Trinajstić information content (AvgIpc) is 2.38. The van der Waals surface area contributed by atoms with Crippen molar-refractivity contribution < 1.29 is 22.5 Å². The maximum Gasteiger partial charge on any atom is 0.499 e. The fourth-order valence-corrected chi connectivity index (χ4v) is 2.80. The van der Waals surface area contributed by atoms with Crippen molar-refractivity contribution in [1.82, 2.24) is 0 Å². The molecule has 0 N–H and O–H groups in total. The number of hydrogen-bond acceptors (Lipinski definition) is 3. The first-order chi connectivity index (χ1) is 9.70. The topological polar surface area (TPSA) is 27.7 Å². The van der Waals surface area contributed by atoms with Crippen molar-refractivity contribution in [3.8, 4) is 0 Å². The van der Waals surface area contributed by atoms with Gasteiger partial charge in [-0.15, -0.1) is 0 Å². The van der Waals surface area contributed by atoms with Crippen molar-refractivity contribution in [2.75, 3.05) is 19.8 Å². The minimum atomic E-state index is -1.62. The minimum Gasteiger partial charge on any atom is -0.417 e. The molecule has 0 saturated carbocycles. The van der Waals surface area contributed by atoms with Gasteiger partial charge in [-0.05, 0) is 31.8 Å². The second-order valence-corrected chi connectivity index (χ2v) is 11.3. The molecule has 1 aromatic rings. The van der Waals surface area contributed by atoms with Crippen molar-refractivity contribution in [3.63, 3.8) is 0 Å². The first-order valence-corrected chi connectivity index (χ1v) is 10.4. The highest BCUT2D eigenvalue weighted by atomic mass is 28.4. The van der Waals surface area contributed by atoms with Crippen LogP contribution in [0.2, 0.25) is 19.6 Å². The zero-order valence-corrected chi connectivity index (χ0v) is 13.9. The van der Waals surface area contributed by atoms with E-state index in [9.17, 15) is 8.78 Å². The Hall–Kier alpha value is -0.758. The van der Waals surface area contributed by atoms with Gasteiger partial charge in [0.1, 0.15) is 11.6 Å². The molecule has 0 spiro atoms. The Morgan fingerprint density at radius 1 is 1.19 bits per heavy atom. The largest absolute Gasteiger partial charge is 0.499 e. The fourth-order valence-electron chi connectivity index (χ4n) is 2.02. The van der Waals surface area contributed by atoms with Crippen molar-refractivity contribution in [1.29, 1.82) is 0 Å². The maximum absolute atomic E-state index is 13.7. The van der Waals surface area contributed by atoms with Crippen LogP contribution < -0.4 is 5.46 Å². The highest BCUT2D eigenvalue weighted by Crippen LogP contribution is 2.25. The number of hydrogen-bond donors (Lipinski definition) is 0. The normalized spacial score (nSPS) is 18.9. The Balaban J connectivity index is 2.00. The van der Waals surface area contributed by atoms with E-state index >= 15 is 0 Å². The van der Waals surface area contributed by atoms with E-state index in [1.807, 2.05) is 6.92 Å². The minimum absolute atomic E-state index is 0.161. The number of rotatable bonds is 4. The molecule has 7 heteroatoms. The SMILES string of the molecule is CC1(CO[Si](C)(C)C)COB(c2c(F)cccc2F)OC1. The van der Waals surface area contributed by atoms with Gasteiger partial charge in [0.2, 0.25) is 0 Å². The lowest BCUT2D eigenvalue weighted by molar-refractivity contribution is -0.01000. The second kappa shape index (κ2) is 6.16. The predicted octanol–water partition coefficient (Wildman–Crippen LogP) is 2.56. The van der Waals surface area contributed by atoms with Gasteiger partial charge >= 0.3 is 7.12 Å². The zero-order chi connectivity index (χ0) is 15.7. The Kier molecular flexibility index (Phi) is 4.87. The highest BCUT2D eigenvalue weighted by molar-refractivity contribution is 6.69. The lowest BCUT2D eigenvalue weighted by Crippen LogP contribution is -2.52. The van der Waals surface area contributed by atoms with Gasteiger partial charge in [-0.25, -0.2) is 8.78 Å². The van der Waals surface area contributed by atoms with E-state index in [0.29, 0.717) is 19.8 Å². The van der Waals surface area contributed by atoms with Crippen LogP contribution in [-0.2, 0) is 13.7 Å². The number of benzene rings is 1. The first-order valence-electron chi connectivity index (χ1n) is 7.01. The summed E-state index contributed by atoms with van der Waals surface area (Å²) in [7, 11) is -2.61. The molecule has 1 saturated heterocycles. The smallest absolute Gasteiger partial charge is 0.417 e. The summed E-state index contributed by atoms with van der Waals surface area (Å²) in [6.07, 6.45) is 0. The molecule has 3 nitrogen and oxygen atoms in total. The van der Waals surface area contributed by atoms with Gasteiger partial charge < -0.3 is 13.7 Å². The predicted molar refractivity (Wildman–Crippen MR) is 81.1 cm³/mol. The van der Waals surface area contributed by atoms with Crippen molar-refractivity contribution in [2.45, 2.75) is 26.6 Å². The van der Waals surface area contributed by atoms with E-state index in [-0.39, 0.29) is 10.9 Å². The van der Waals surface area contributed by atoms with E-state index in [1.165, 1.54) is 18.2 Å². The molecule has 0 radical (unpaired) electrons. The van der Waals surface area contributed by atoms with E-state index < -0.39 is 27.1 Å². The molecule has 0 aromatic heterocycles. The monoisotopic (exact) mass is 314 g/mol. The van der Waals surface area contributed by atoms with Crippen LogP contribution in [0.25, 0.3) is 0 Å². The summed E-state index contributed by atoms with van der Waals surface area (Å²) in [6, 6.07) is 3.73. The Morgan fingerprint density at radius 3 is 2.19 bits per heavy atom. The van der Waals surface area contributed by atoms with Crippen LogP contribution in [0.1, 0.15) is 6.92 Å². The molecule has 1 aromatic carbocycles. The molecule has 0 unspecified atom stereocenters. The summed E-state index contributed by atoms with van der Waals surface area (Å²) in [5, 5.41) is 0. The molecule has 21 heavy (non-hydrogen) atoms. The number of halogens is 2. The third-order valence-corrected chi connectivity index (χ3v) is 4.27. The van der Waals surface area contributed by atoms with E-state index in [0.717, 1.165) is 0 Å². The van der Waals surface area contributed by atoms with E-state index in [2.05, 4.69) is 19.6 Å². The van der Waals surface area contributed by atoms with Crippen molar-refractivity contribution in [3.05, 3.63) is 29.8 Å². The third kappa shape index (κ3) is 4.36. The summed E-state index contributed by atoms with van der Waals surface area (Å²) >= 11 is 0. The summed E-state index contributed by atoms with van der Waals surface area (Å²) in [6.45, 7) is 9.53. The van der Waals surface area contributed by atoms with Gasteiger partial charge in [-0.3, -0.25) is 0 Å². The van der Waals surface area contributed by atoms with E-state index in [4.69, 9.17) is 13.7 Å². The molecule has 1 aliphatic heterocycles. The maximum atomic E-state index is 13.7. The standard InChI is InChI=1S/C14H21BF2O3Si/c1-14(10-20-21(2,3)4)8-18-15(19-9-14)13-11(16)6-5-7-12(13)17/h5-7H,8-10H2,1-4H3. The molecule has 1 aliphatic rings. The van der Waals surface area contributed by atoms with Gasteiger partial charge in [0.25, 0.3) is 0 Å². The molecular weight excluding hydrogens is 293 g/mol. The average molecular weight is 314 g/mol. The molecule has 1 fully saturated rings. The van der Waals surface area contributed by atoms with Gasteiger partial charge in [-0.2, -0.15) is 0 Å². The molecule has 116 valence electrons. The van der Waals surface area contributed by atoms with Crippen LogP contribution in [0.4, 0.5) is 8.78 Å². The molecule has 0 aliphatic carbocycles. The van der Waals surface area contributed by atoms with Gasteiger partial charge in [0.15, 0.2) is 8.32 Å². The van der Waals surface area contributed by atoms with Crippen molar-refractivity contribution >= 4 is 20.9 Å². The van der Waals surface area contributed by atoms with Crippen LogP contribution in [0.15, 0.2) is 18.2 Å². The molecule has 2 rings (SSSR count). The van der Waals surface area contributed by atoms with Gasteiger partial charge in [0, 0.05) is 25.2 Å². The first kappa shape index (κ1) is 16.6. The quantitative estimate of drug-likeness (QED) is 0.800. The molecule has 0 atom stereocenters. The van der Waals surface area contributed by atoms with Crippen LogP contribution in [0.5, 0.6) is 0 Å². The summed E-state index contributed by atoms with van der Waals surface area (Å²) < 4.78 is 44.4. The zero-order valence-electron chi connectivity index (χ0n) is 12.9. The Labute approximate surface area is 125 Å². The van der Waals surface area contributed by atoms with Crippen LogP contribution >= 0.6 is 0 Å². The second-order valence-electron chi connectivity index (χ2n) is 6.80. The molecule has 1 heterocycles. The summed E-state index contributed by atoms with van der Waals surface area (Å²) in [5.74, 6) is -1.30. The summed E-state index contributed by atoms with van der Waals surface area (Å²) in [5.41, 5.74) is -0.455. The fraction of sp³-hybridized carbons (Fsp3) is 0.571. The lowest BCUT2D eigenvalue weighted by Gasteiger charge is -2.37. The van der Waals surface area contributed by atoms with Gasteiger partial charge in [-0.1, -0.05) is 13.0 Å². The van der Waals surface area contributed by atoms with Crippen LogP contribution in [-0.4, -0.2) is 35.3 Å². The van der Waals surface area contributed by atoms with Crippen LogP contribution in [0, 0.1) is 17.0 Å². The Bertz CT molecular complexity index is 479. The van der Waals surface area contributed by atoms with Crippen molar-refractivity contribution in [2.24, 2.45) is 5.41 Å². The molecule has 0 amide bonds. The lowest BCUT2D eigenvalue weighted by atomic mass is 9.75. The molecule has 0 bridgehead atoms. The van der Waals surface area contributed by atoms with Gasteiger partial charge in [0.05, 0.1) is 5.46 Å². The summed E-state index contributed by atoms with van der Waals surface area (Å²) in [4.78, 5) is 0.